The second-order valence-electron chi connectivity index (χ2n) is 6.87. The number of benzene rings is 1. The number of ether oxygens (including phenoxy) is 1. The van der Waals surface area contributed by atoms with Crippen LogP contribution in [0.2, 0.25) is 0 Å². The Morgan fingerprint density at radius 2 is 2.08 bits per heavy atom. The Bertz CT molecular complexity index is 901. The van der Waals surface area contributed by atoms with Gasteiger partial charge >= 0.3 is 0 Å². The molecule has 1 aliphatic rings. The molecule has 0 unspecified atom stereocenters. The van der Waals surface area contributed by atoms with E-state index in [1.807, 2.05) is 35.9 Å². The first-order chi connectivity index (χ1) is 11.8. The van der Waals surface area contributed by atoms with Gasteiger partial charge in [0.15, 0.2) is 0 Å². The van der Waals surface area contributed by atoms with Crippen LogP contribution in [0.4, 0.5) is 0 Å². The van der Waals surface area contributed by atoms with Crippen LogP contribution < -0.4 is 4.74 Å². The van der Waals surface area contributed by atoms with Crippen LogP contribution in [-0.2, 0) is 16.9 Å². The van der Waals surface area contributed by atoms with Crippen LogP contribution in [0.25, 0.3) is 10.9 Å². The summed E-state index contributed by atoms with van der Waals surface area (Å²) in [7, 11) is 0.454. The predicted octanol–water partition coefficient (Wildman–Crippen LogP) is 2.08. The van der Waals surface area contributed by atoms with Crippen molar-refractivity contribution >= 4 is 26.6 Å². The molecule has 0 saturated carbocycles. The van der Waals surface area contributed by atoms with E-state index in [2.05, 4.69) is 0 Å². The zero-order chi connectivity index (χ0) is 18.2. The topological polar surface area (TPSA) is 68.6 Å². The third kappa shape index (κ3) is 3.81. The lowest BCUT2D eigenvalue weighted by Gasteiger charge is -2.32. The fourth-order valence-electron chi connectivity index (χ4n) is 3.62. The van der Waals surface area contributed by atoms with E-state index in [9.17, 15) is 13.2 Å². The Kier molecular flexibility index (Phi) is 4.77. The third-order valence-electron chi connectivity index (χ3n) is 4.82. The van der Waals surface area contributed by atoms with Gasteiger partial charge in [0.25, 0.3) is 5.91 Å². The molecule has 1 aliphatic heterocycles. The minimum Gasteiger partial charge on any atom is -0.497 e. The van der Waals surface area contributed by atoms with Crippen molar-refractivity contribution < 1.29 is 17.9 Å². The first-order valence-corrected chi connectivity index (χ1v) is 10.4. The standard InChI is InChI=1S/C18H24N2O4S/c1-19-16-10-15(24-2)7-6-14(16)9-17(19)18(21)20-8-4-5-13(11-20)12-25(3,22)23/h6-7,9-10,13H,4-5,8,11-12H2,1-3H3/t13-/m1/s1. The summed E-state index contributed by atoms with van der Waals surface area (Å²) in [6.45, 7) is 1.17. The minimum atomic E-state index is -3.03. The van der Waals surface area contributed by atoms with Crippen molar-refractivity contribution in [1.29, 1.82) is 0 Å². The summed E-state index contributed by atoms with van der Waals surface area (Å²) in [6.07, 6.45) is 2.94. The molecule has 7 heteroatoms. The maximum Gasteiger partial charge on any atom is 0.270 e. The summed E-state index contributed by atoms with van der Waals surface area (Å²) < 4.78 is 30.3. The summed E-state index contributed by atoms with van der Waals surface area (Å²) in [5.41, 5.74) is 1.55. The average molecular weight is 364 g/mol. The van der Waals surface area contributed by atoms with Gasteiger partial charge in [0, 0.05) is 37.8 Å². The zero-order valence-corrected chi connectivity index (χ0v) is 15.7. The molecule has 1 atom stereocenters. The van der Waals surface area contributed by atoms with Crippen molar-refractivity contribution in [3.8, 4) is 5.75 Å². The molecule has 0 radical (unpaired) electrons. The van der Waals surface area contributed by atoms with E-state index in [0.717, 1.165) is 29.5 Å². The van der Waals surface area contributed by atoms with Crippen molar-refractivity contribution in [2.24, 2.45) is 13.0 Å². The summed E-state index contributed by atoms with van der Waals surface area (Å²) in [4.78, 5) is 14.8. The second kappa shape index (κ2) is 6.71. The molecule has 25 heavy (non-hydrogen) atoms. The van der Waals surface area contributed by atoms with Crippen LogP contribution >= 0.6 is 0 Å². The Balaban J connectivity index is 1.85. The van der Waals surface area contributed by atoms with Gasteiger partial charge in [-0.3, -0.25) is 4.79 Å². The van der Waals surface area contributed by atoms with Crippen LogP contribution in [0.3, 0.4) is 0 Å². The maximum absolute atomic E-state index is 13.0. The molecule has 2 aromatic rings. The molecule has 136 valence electrons. The van der Waals surface area contributed by atoms with E-state index in [1.54, 1.807) is 12.0 Å². The average Bonchev–Trinajstić information content (AvgIpc) is 2.89. The minimum absolute atomic E-state index is 0.0162. The van der Waals surface area contributed by atoms with Gasteiger partial charge in [-0.1, -0.05) is 0 Å². The van der Waals surface area contributed by atoms with Crippen LogP contribution in [0.15, 0.2) is 24.3 Å². The number of amides is 1. The molecule has 6 nitrogen and oxygen atoms in total. The van der Waals surface area contributed by atoms with Crippen molar-refractivity contribution in [3.63, 3.8) is 0 Å². The lowest BCUT2D eigenvalue weighted by atomic mass is 10.00. The molecule has 0 aliphatic carbocycles. The van der Waals surface area contributed by atoms with Crippen molar-refractivity contribution in [2.75, 3.05) is 32.2 Å². The number of carbonyl (C=O) groups excluding carboxylic acids is 1. The maximum atomic E-state index is 13.0. The second-order valence-corrected chi connectivity index (χ2v) is 9.05. The Labute approximate surface area is 148 Å². The summed E-state index contributed by atoms with van der Waals surface area (Å²) in [5.74, 6) is 0.862. The molecule has 0 N–H and O–H groups in total. The van der Waals surface area contributed by atoms with Gasteiger partial charge in [0.05, 0.1) is 18.4 Å². The third-order valence-corrected chi connectivity index (χ3v) is 5.89. The monoisotopic (exact) mass is 364 g/mol. The number of methoxy groups -OCH3 is 1. The fraction of sp³-hybridized carbons (Fsp3) is 0.500. The van der Waals surface area contributed by atoms with E-state index in [4.69, 9.17) is 4.74 Å². The molecule has 1 aromatic heterocycles. The first kappa shape index (κ1) is 17.8. The van der Waals surface area contributed by atoms with Gasteiger partial charge < -0.3 is 14.2 Å². The number of carbonyl (C=O) groups is 1. The van der Waals surface area contributed by atoms with Crippen molar-refractivity contribution in [2.45, 2.75) is 12.8 Å². The van der Waals surface area contributed by atoms with Crippen molar-refractivity contribution in [3.05, 3.63) is 30.0 Å². The van der Waals surface area contributed by atoms with Gasteiger partial charge in [-0.15, -0.1) is 0 Å². The number of aromatic nitrogens is 1. The largest absolute Gasteiger partial charge is 0.497 e. The Morgan fingerprint density at radius 3 is 2.76 bits per heavy atom. The lowest BCUT2D eigenvalue weighted by Crippen LogP contribution is -2.42. The first-order valence-electron chi connectivity index (χ1n) is 8.39. The molecule has 0 spiro atoms. The van der Waals surface area contributed by atoms with Gasteiger partial charge in [-0.25, -0.2) is 8.42 Å². The highest BCUT2D eigenvalue weighted by Crippen LogP contribution is 2.26. The number of likely N-dealkylation sites (tertiary alicyclic amines) is 1. The van der Waals surface area contributed by atoms with Crippen molar-refractivity contribution in [1.82, 2.24) is 9.47 Å². The predicted molar refractivity (Wildman–Crippen MR) is 97.8 cm³/mol. The van der Waals surface area contributed by atoms with E-state index in [0.29, 0.717) is 18.8 Å². The molecule has 1 fully saturated rings. The number of piperidine rings is 1. The molecule has 3 rings (SSSR count). The number of hydrogen-bond donors (Lipinski definition) is 0. The van der Waals surface area contributed by atoms with Gasteiger partial charge in [-0.2, -0.15) is 0 Å². The Morgan fingerprint density at radius 1 is 1.32 bits per heavy atom. The van der Waals surface area contributed by atoms with E-state index < -0.39 is 9.84 Å². The summed E-state index contributed by atoms with van der Waals surface area (Å²) in [5, 5.41) is 0.983. The number of rotatable bonds is 4. The zero-order valence-electron chi connectivity index (χ0n) is 14.9. The van der Waals surface area contributed by atoms with E-state index in [1.165, 1.54) is 6.26 Å². The molecule has 1 amide bonds. The molecule has 2 heterocycles. The van der Waals surface area contributed by atoms with Gasteiger partial charge in [0.2, 0.25) is 0 Å². The van der Waals surface area contributed by atoms with Gasteiger partial charge in [0.1, 0.15) is 21.3 Å². The molecular formula is C18H24N2O4S. The summed E-state index contributed by atoms with van der Waals surface area (Å²) in [6, 6.07) is 7.61. The van der Waals surface area contributed by atoms with E-state index >= 15 is 0 Å². The molecule has 1 aromatic carbocycles. The van der Waals surface area contributed by atoms with Crippen LogP contribution in [0, 0.1) is 5.92 Å². The SMILES string of the molecule is COc1ccc2cc(C(=O)N3CCC[C@@H](CS(C)(=O)=O)C3)n(C)c2c1. The number of aryl methyl sites for hydroxylation is 1. The summed E-state index contributed by atoms with van der Waals surface area (Å²) >= 11 is 0. The Hall–Kier alpha value is -2.02. The number of fused-ring (bicyclic) bond motifs is 1. The number of hydrogen-bond acceptors (Lipinski definition) is 4. The lowest BCUT2D eigenvalue weighted by molar-refractivity contribution is 0.0675. The number of sulfone groups is 1. The highest BCUT2D eigenvalue weighted by atomic mass is 32.2. The van der Waals surface area contributed by atoms with Gasteiger partial charge in [-0.05, 0) is 37.0 Å². The highest BCUT2D eigenvalue weighted by molar-refractivity contribution is 7.90. The van der Waals surface area contributed by atoms with Crippen LogP contribution in [-0.4, -0.2) is 56.0 Å². The van der Waals surface area contributed by atoms with Crippen LogP contribution in [0.5, 0.6) is 5.75 Å². The molecular weight excluding hydrogens is 340 g/mol. The molecule has 1 saturated heterocycles. The highest BCUT2D eigenvalue weighted by Gasteiger charge is 2.28. The fourth-order valence-corrected chi connectivity index (χ4v) is 4.75. The van der Waals surface area contributed by atoms with E-state index in [-0.39, 0.29) is 17.6 Å². The number of nitrogens with zero attached hydrogens (tertiary/aromatic N) is 2. The molecule has 0 bridgehead atoms. The quantitative estimate of drug-likeness (QED) is 0.833. The van der Waals surface area contributed by atoms with Crippen LogP contribution in [0.1, 0.15) is 23.3 Å². The normalized spacial score (nSPS) is 18.5. The smallest absolute Gasteiger partial charge is 0.270 e.